The molecule has 0 atom stereocenters. The van der Waals surface area contributed by atoms with Crippen molar-refractivity contribution in [2.75, 3.05) is 5.06 Å². The van der Waals surface area contributed by atoms with Crippen LogP contribution in [-0.2, 0) is 19.1 Å². The Balaban J connectivity index is 2.48. The molecule has 1 aromatic heterocycles. The summed E-state index contributed by atoms with van der Waals surface area (Å²) in [5.74, 6) is -0.0356. The zero-order valence-electron chi connectivity index (χ0n) is 17.2. The fourth-order valence-electron chi connectivity index (χ4n) is 2.22. The average Bonchev–Trinajstić information content (AvgIpc) is 2.56. The largest absolute Gasteiger partial charge is 0.514 e. The van der Waals surface area contributed by atoms with E-state index in [-0.39, 0.29) is 18.0 Å². The molecule has 2 rings (SSSR count). The van der Waals surface area contributed by atoms with Crippen LogP contribution < -0.4 is 9.80 Å². The van der Waals surface area contributed by atoms with E-state index in [0.29, 0.717) is 16.0 Å². The zero-order chi connectivity index (χ0) is 21.8. The van der Waals surface area contributed by atoms with Gasteiger partial charge in [0.2, 0.25) is 0 Å². The number of carbonyl (C=O) groups is 3. The number of aromatic nitrogens is 1. The van der Waals surface area contributed by atoms with Gasteiger partial charge < -0.3 is 19.0 Å². The van der Waals surface area contributed by atoms with Gasteiger partial charge in [-0.05, 0) is 53.7 Å². The molecule has 0 spiro atoms. The first-order chi connectivity index (χ1) is 13.4. The first-order valence-electron chi connectivity index (χ1n) is 8.84. The highest BCUT2D eigenvalue weighted by Crippen LogP contribution is 2.30. The molecule has 1 aromatic carbocycles. The molecule has 0 fully saturated rings. The number of hydroxylamine groups is 1. The second kappa shape index (κ2) is 8.34. The van der Waals surface area contributed by atoms with Crippen molar-refractivity contribution < 1.29 is 33.4 Å². The number of amides is 1. The number of hydrogen-bond acceptors (Lipinski definition) is 8. The third-order valence-electron chi connectivity index (χ3n) is 3.16. The van der Waals surface area contributed by atoms with Crippen LogP contribution in [0.1, 0.15) is 41.5 Å². The van der Waals surface area contributed by atoms with E-state index in [1.807, 2.05) is 0 Å². The maximum absolute atomic E-state index is 12.5. The van der Waals surface area contributed by atoms with Crippen LogP contribution in [0.15, 0.2) is 30.3 Å². The maximum Gasteiger partial charge on any atom is 0.514 e. The normalized spacial score (nSPS) is 11.5. The lowest BCUT2D eigenvalue weighted by Gasteiger charge is -2.24. The Labute approximate surface area is 168 Å². The van der Waals surface area contributed by atoms with E-state index in [1.54, 1.807) is 65.8 Å². The summed E-state index contributed by atoms with van der Waals surface area (Å²) < 4.78 is 15.7. The molecule has 156 valence electrons. The molecule has 1 heterocycles. The van der Waals surface area contributed by atoms with E-state index < -0.39 is 23.5 Å². The second-order valence-electron chi connectivity index (χ2n) is 8.04. The van der Waals surface area contributed by atoms with E-state index in [1.165, 1.54) is 6.07 Å². The Morgan fingerprint density at radius 2 is 1.62 bits per heavy atom. The van der Waals surface area contributed by atoms with Crippen molar-refractivity contribution >= 4 is 35.4 Å². The molecular formula is C20H24N2O7. The number of anilines is 1. The van der Waals surface area contributed by atoms with Crippen molar-refractivity contribution in [3.05, 3.63) is 30.3 Å². The Morgan fingerprint density at radius 3 is 2.21 bits per heavy atom. The second-order valence-corrected chi connectivity index (χ2v) is 8.04. The molecule has 2 aromatic rings. The lowest BCUT2D eigenvalue weighted by atomic mass is 10.2. The number of benzene rings is 1. The zero-order valence-corrected chi connectivity index (χ0v) is 17.2. The highest BCUT2D eigenvalue weighted by Gasteiger charge is 2.28. The van der Waals surface area contributed by atoms with Gasteiger partial charge in [0.15, 0.2) is 5.82 Å². The van der Waals surface area contributed by atoms with Gasteiger partial charge in [-0.1, -0.05) is 17.2 Å². The Kier molecular flexibility index (Phi) is 6.31. The first-order valence-corrected chi connectivity index (χ1v) is 8.84. The van der Waals surface area contributed by atoms with E-state index >= 15 is 0 Å². The van der Waals surface area contributed by atoms with Gasteiger partial charge >= 0.3 is 18.7 Å². The Morgan fingerprint density at radius 1 is 1.00 bits per heavy atom. The summed E-state index contributed by atoms with van der Waals surface area (Å²) >= 11 is 0. The number of hydrogen-bond donors (Lipinski definition) is 0. The molecule has 0 aliphatic rings. The fourth-order valence-corrected chi connectivity index (χ4v) is 2.22. The number of nitrogens with zero attached hydrogens (tertiary/aromatic N) is 2. The third kappa shape index (κ3) is 6.34. The van der Waals surface area contributed by atoms with Crippen LogP contribution in [0.3, 0.4) is 0 Å². The number of pyridine rings is 1. The molecule has 0 saturated carbocycles. The van der Waals surface area contributed by atoms with Crippen LogP contribution in [0.5, 0.6) is 5.75 Å². The summed E-state index contributed by atoms with van der Waals surface area (Å²) in [6.45, 7) is 10.2. The van der Waals surface area contributed by atoms with Gasteiger partial charge in [-0.25, -0.2) is 14.6 Å². The fraction of sp³-hybridized carbons (Fsp3) is 0.400. The molecule has 9 heteroatoms. The van der Waals surface area contributed by atoms with Gasteiger partial charge in [0.25, 0.3) is 0 Å². The van der Waals surface area contributed by atoms with Crippen molar-refractivity contribution in [2.24, 2.45) is 0 Å². The number of para-hydroxylation sites is 1. The first kappa shape index (κ1) is 21.9. The topological polar surface area (TPSA) is 104 Å². The average molecular weight is 404 g/mol. The third-order valence-corrected chi connectivity index (χ3v) is 3.16. The number of rotatable bonds is 4. The van der Waals surface area contributed by atoms with Crippen LogP contribution >= 0.6 is 0 Å². The molecular weight excluding hydrogens is 380 g/mol. The van der Waals surface area contributed by atoms with Crippen molar-refractivity contribution in [2.45, 2.75) is 52.7 Å². The predicted octanol–water partition coefficient (Wildman–Crippen LogP) is 4.38. The van der Waals surface area contributed by atoms with E-state index in [4.69, 9.17) is 19.0 Å². The van der Waals surface area contributed by atoms with Crippen molar-refractivity contribution in [3.63, 3.8) is 0 Å². The van der Waals surface area contributed by atoms with Crippen LogP contribution in [0.2, 0.25) is 0 Å². The van der Waals surface area contributed by atoms with Crippen LogP contribution in [-0.4, -0.2) is 34.9 Å². The summed E-state index contributed by atoms with van der Waals surface area (Å²) in [4.78, 5) is 44.6. The van der Waals surface area contributed by atoms with Crippen LogP contribution in [0.25, 0.3) is 10.9 Å². The van der Waals surface area contributed by atoms with Gasteiger partial charge in [0, 0.05) is 11.5 Å². The lowest BCUT2D eigenvalue weighted by Crippen LogP contribution is -2.37. The molecule has 9 nitrogen and oxygen atoms in total. The van der Waals surface area contributed by atoms with Crippen molar-refractivity contribution in [1.82, 2.24) is 4.98 Å². The molecule has 1 amide bonds. The number of fused-ring (bicyclic) bond motifs is 1. The van der Waals surface area contributed by atoms with E-state index in [9.17, 15) is 14.4 Å². The summed E-state index contributed by atoms with van der Waals surface area (Å²) in [6, 6.07) is 8.06. The van der Waals surface area contributed by atoms with E-state index in [0.717, 1.165) is 0 Å². The summed E-state index contributed by atoms with van der Waals surface area (Å²) in [5.41, 5.74) is -1.20. The van der Waals surface area contributed by atoms with Crippen LogP contribution in [0.4, 0.5) is 15.4 Å². The summed E-state index contributed by atoms with van der Waals surface area (Å²) in [5, 5.41) is 1.07. The number of carbonyl (C=O) groups excluding carboxylic acids is 3. The predicted molar refractivity (Wildman–Crippen MR) is 104 cm³/mol. The molecule has 0 N–H and O–H groups in total. The SMILES string of the molecule is CC(C)(C)OC(=O)Oc1cc(N(OC=O)C(=O)OC(C)(C)C)nc2ccccc12. The monoisotopic (exact) mass is 404 g/mol. The molecule has 0 bridgehead atoms. The highest BCUT2D eigenvalue weighted by molar-refractivity contribution is 5.92. The van der Waals surface area contributed by atoms with E-state index in [2.05, 4.69) is 4.98 Å². The molecule has 0 saturated heterocycles. The number of ether oxygens (including phenoxy) is 3. The van der Waals surface area contributed by atoms with Gasteiger partial charge in [0.1, 0.15) is 17.0 Å². The van der Waals surface area contributed by atoms with Crippen molar-refractivity contribution in [1.29, 1.82) is 0 Å². The van der Waals surface area contributed by atoms with Crippen LogP contribution in [0, 0.1) is 0 Å². The van der Waals surface area contributed by atoms with Gasteiger partial charge in [0.05, 0.1) is 5.52 Å². The standard InChI is InChI=1S/C20H24N2O7/c1-19(2,3)28-17(24)22(26-12-23)16-11-15(27-18(25)29-20(4,5)6)13-9-7-8-10-14(13)21-16/h7-12H,1-6H3. The Hall–Kier alpha value is -3.36. The van der Waals surface area contributed by atoms with Crippen molar-refractivity contribution in [3.8, 4) is 5.75 Å². The maximum atomic E-state index is 12.5. The smallest absolute Gasteiger partial charge is 0.441 e. The molecule has 29 heavy (non-hydrogen) atoms. The lowest BCUT2D eigenvalue weighted by molar-refractivity contribution is -0.130. The minimum atomic E-state index is -0.962. The molecule has 0 radical (unpaired) electrons. The molecule has 0 aliphatic carbocycles. The quantitative estimate of drug-likeness (QED) is 0.420. The summed E-state index contributed by atoms with van der Waals surface area (Å²) in [7, 11) is 0. The van der Waals surface area contributed by atoms with Gasteiger partial charge in [-0.2, -0.15) is 0 Å². The minimum Gasteiger partial charge on any atom is -0.441 e. The molecule has 0 unspecified atom stereocenters. The molecule has 0 aliphatic heterocycles. The van der Waals surface area contributed by atoms with Gasteiger partial charge in [-0.15, -0.1) is 0 Å². The minimum absolute atomic E-state index is 0.0647. The Bertz CT molecular complexity index is 913. The highest BCUT2D eigenvalue weighted by atomic mass is 16.7. The van der Waals surface area contributed by atoms with Gasteiger partial charge in [-0.3, -0.25) is 4.79 Å². The summed E-state index contributed by atoms with van der Waals surface area (Å²) in [6.07, 6.45) is -1.89.